The number of aryl methyl sites for hydroxylation is 1. The number of alkyl carbamates (subject to hydrolysis) is 1. The lowest BCUT2D eigenvalue weighted by atomic mass is 9.78. The minimum absolute atomic E-state index is 0.106. The average Bonchev–Trinajstić information content (AvgIpc) is 3.53. The number of nitrogens with zero attached hydrogens (tertiary/aromatic N) is 1. The first kappa shape index (κ1) is 32.1. The van der Waals surface area contributed by atoms with E-state index in [1.54, 1.807) is 11.3 Å². The van der Waals surface area contributed by atoms with Crippen molar-refractivity contribution in [2.75, 3.05) is 5.32 Å². The van der Waals surface area contributed by atoms with Gasteiger partial charge in [0.25, 0.3) is 5.91 Å². The summed E-state index contributed by atoms with van der Waals surface area (Å²) in [4.78, 5) is 30.0. The molecular weight excluding hydrogens is 624 g/mol. The second kappa shape index (κ2) is 13.2. The summed E-state index contributed by atoms with van der Waals surface area (Å²) in [5, 5.41) is 17.4. The SMILES string of the molecule is CC(C)(C)NC(=O)OC1CCC(NC(=O)c2cc(F)cnc2Nc2sccc2C2CCc3ccc4c(ccc5ccccc54)c3C2)CC1. The van der Waals surface area contributed by atoms with Crippen LogP contribution < -0.4 is 16.0 Å². The highest BCUT2D eigenvalue weighted by atomic mass is 32.1. The lowest BCUT2D eigenvalue weighted by Crippen LogP contribution is -2.44. The zero-order valence-corrected chi connectivity index (χ0v) is 28.4. The molecule has 0 radical (unpaired) electrons. The van der Waals surface area contributed by atoms with Crippen LogP contribution in [0.15, 0.2) is 72.2 Å². The number of halogens is 1. The molecule has 3 N–H and O–H groups in total. The molecule has 3 aromatic carbocycles. The number of thiophene rings is 1. The Morgan fingerprint density at radius 2 is 1.73 bits per heavy atom. The number of rotatable bonds is 6. The van der Waals surface area contributed by atoms with Gasteiger partial charge in [-0.1, -0.05) is 48.5 Å². The van der Waals surface area contributed by atoms with Crippen LogP contribution in [-0.2, 0) is 17.6 Å². The molecule has 7 rings (SSSR count). The van der Waals surface area contributed by atoms with E-state index in [2.05, 4.69) is 80.9 Å². The van der Waals surface area contributed by atoms with Gasteiger partial charge in [-0.25, -0.2) is 14.2 Å². The van der Waals surface area contributed by atoms with Crippen LogP contribution in [0.3, 0.4) is 0 Å². The van der Waals surface area contributed by atoms with Crippen LogP contribution in [0.4, 0.5) is 20.0 Å². The highest BCUT2D eigenvalue weighted by Crippen LogP contribution is 2.42. The molecule has 1 unspecified atom stereocenters. The van der Waals surface area contributed by atoms with Crippen molar-refractivity contribution in [2.45, 2.75) is 89.3 Å². The molecule has 0 bridgehead atoms. The summed E-state index contributed by atoms with van der Waals surface area (Å²) >= 11 is 1.57. The summed E-state index contributed by atoms with van der Waals surface area (Å²) in [5.41, 5.74) is 3.80. The van der Waals surface area contributed by atoms with Crippen LogP contribution in [0.5, 0.6) is 0 Å². The van der Waals surface area contributed by atoms with Gasteiger partial charge in [0.2, 0.25) is 0 Å². The van der Waals surface area contributed by atoms with Crippen molar-refractivity contribution in [1.82, 2.24) is 15.6 Å². The van der Waals surface area contributed by atoms with E-state index in [0.717, 1.165) is 30.5 Å². The van der Waals surface area contributed by atoms with Gasteiger partial charge in [0.15, 0.2) is 0 Å². The third kappa shape index (κ3) is 6.88. The Morgan fingerprint density at radius 3 is 2.54 bits per heavy atom. The molecule has 2 heterocycles. The number of nitrogens with one attached hydrogen (secondary N) is 3. The van der Waals surface area contributed by atoms with Crippen LogP contribution >= 0.6 is 11.3 Å². The second-order valence-corrected chi connectivity index (χ2v) is 15.0. The van der Waals surface area contributed by atoms with Crippen LogP contribution in [-0.4, -0.2) is 34.7 Å². The predicted molar refractivity (Wildman–Crippen MR) is 191 cm³/mol. The van der Waals surface area contributed by atoms with E-state index in [1.807, 2.05) is 20.8 Å². The number of ether oxygens (including phenoxy) is 1. The molecular formula is C39H41FN4O3S. The minimum Gasteiger partial charge on any atom is -0.446 e. The Balaban J connectivity index is 1.05. The van der Waals surface area contributed by atoms with Gasteiger partial charge in [0, 0.05) is 11.6 Å². The fraction of sp³-hybridized carbons (Fsp3) is 0.359. The Kier molecular flexibility index (Phi) is 8.81. The summed E-state index contributed by atoms with van der Waals surface area (Å²) < 4.78 is 20.1. The van der Waals surface area contributed by atoms with Crippen molar-refractivity contribution in [3.05, 3.63) is 100 Å². The molecule has 248 valence electrons. The number of fused-ring (bicyclic) bond motifs is 5. The third-order valence-corrected chi connectivity index (χ3v) is 10.4. The fourth-order valence-electron chi connectivity index (χ4n) is 7.25. The molecule has 2 amide bonds. The van der Waals surface area contributed by atoms with E-state index in [4.69, 9.17) is 4.74 Å². The highest BCUT2D eigenvalue weighted by molar-refractivity contribution is 7.14. The second-order valence-electron chi connectivity index (χ2n) is 14.1. The maximum absolute atomic E-state index is 14.5. The zero-order chi connectivity index (χ0) is 33.4. The van der Waals surface area contributed by atoms with Crippen molar-refractivity contribution < 1.29 is 18.7 Å². The third-order valence-electron chi connectivity index (χ3n) is 9.57. The standard InChI is InChI=1S/C39H41FN4O3S/c1-39(2,3)44-38(46)47-28-14-12-27(13-15-28)42-36(45)34-21-26(40)22-41-35(34)43-37-30(18-19-48-37)25-9-8-24-11-16-31-29-7-5-4-6-23(29)10-17-32(31)33(24)20-25/h4-7,10-11,16-19,21-22,25,27-28H,8-9,12-15,20H2,1-3H3,(H,41,43)(H,42,45)(H,44,46). The van der Waals surface area contributed by atoms with Gasteiger partial charge in [-0.3, -0.25) is 4.79 Å². The summed E-state index contributed by atoms with van der Waals surface area (Å²) in [7, 11) is 0. The first-order valence-electron chi connectivity index (χ1n) is 16.8. The summed E-state index contributed by atoms with van der Waals surface area (Å²) in [5.74, 6) is -0.310. The average molecular weight is 665 g/mol. The molecule has 2 aliphatic carbocycles. The number of pyridine rings is 1. The fourth-order valence-corrected chi connectivity index (χ4v) is 8.13. The van der Waals surface area contributed by atoms with Gasteiger partial charge in [0.05, 0.1) is 16.8 Å². The monoisotopic (exact) mass is 664 g/mol. The Labute approximate surface area is 284 Å². The largest absolute Gasteiger partial charge is 0.446 e. The quantitative estimate of drug-likeness (QED) is 0.158. The number of anilines is 2. The Bertz CT molecular complexity index is 1990. The molecule has 1 saturated carbocycles. The number of aromatic nitrogens is 1. The van der Waals surface area contributed by atoms with Gasteiger partial charge >= 0.3 is 6.09 Å². The van der Waals surface area contributed by atoms with E-state index in [9.17, 15) is 14.0 Å². The first-order chi connectivity index (χ1) is 23.1. The van der Waals surface area contributed by atoms with Crippen LogP contribution in [0.1, 0.15) is 85.8 Å². The predicted octanol–water partition coefficient (Wildman–Crippen LogP) is 9.17. The molecule has 48 heavy (non-hydrogen) atoms. The van der Waals surface area contributed by atoms with Crippen molar-refractivity contribution in [1.29, 1.82) is 0 Å². The van der Waals surface area contributed by atoms with Crippen molar-refractivity contribution in [3.8, 4) is 0 Å². The minimum atomic E-state index is -0.567. The van der Waals surface area contributed by atoms with Crippen molar-refractivity contribution in [3.63, 3.8) is 0 Å². The summed E-state index contributed by atoms with van der Waals surface area (Å²) in [6.07, 6.45) is 6.06. The van der Waals surface area contributed by atoms with Crippen LogP contribution in [0, 0.1) is 5.82 Å². The number of amides is 2. The smallest absolute Gasteiger partial charge is 0.407 e. The summed E-state index contributed by atoms with van der Waals surface area (Å²) in [6.45, 7) is 5.72. The van der Waals surface area contributed by atoms with Crippen LogP contribution in [0.2, 0.25) is 0 Å². The van der Waals surface area contributed by atoms with Gasteiger partial charge in [0.1, 0.15) is 17.7 Å². The van der Waals surface area contributed by atoms with E-state index in [-0.39, 0.29) is 29.2 Å². The number of carbonyl (C=O) groups excluding carboxylic acids is 2. The molecule has 7 nitrogen and oxygen atoms in total. The Morgan fingerprint density at radius 1 is 0.938 bits per heavy atom. The maximum Gasteiger partial charge on any atom is 0.407 e. The molecule has 2 aliphatic rings. The topological polar surface area (TPSA) is 92.4 Å². The molecule has 9 heteroatoms. The molecule has 0 aliphatic heterocycles. The molecule has 1 fully saturated rings. The molecule has 1 atom stereocenters. The number of hydrogen-bond donors (Lipinski definition) is 3. The van der Waals surface area contributed by atoms with Gasteiger partial charge < -0.3 is 20.7 Å². The van der Waals surface area contributed by atoms with Gasteiger partial charge in [-0.15, -0.1) is 11.3 Å². The molecule has 5 aromatic rings. The highest BCUT2D eigenvalue weighted by Gasteiger charge is 2.29. The van der Waals surface area contributed by atoms with E-state index in [0.29, 0.717) is 37.4 Å². The zero-order valence-electron chi connectivity index (χ0n) is 27.6. The first-order valence-corrected chi connectivity index (χ1v) is 17.7. The van der Waals surface area contributed by atoms with E-state index < -0.39 is 11.9 Å². The summed E-state index contributed by atoms with van der Waals surface area (Å²) in [6, 6.07) is 20.9. The Hall–Kier alpha value is -4.50. The lowest BCUT2D eigenvalue weighted by Gasteiger charge is -2.30. The van der Waals surface area contributed by atoms with E-state index in [1.165, 1.54) is 44.3 Å². The maximum atomic E-state index is 14.5. The van der Waals surface area contributed by atoms with Crippen molar-refractivity contribution >= 4 is 55.7 Å². The number of carbonyl (C=O) groups is 2. The molecule has 0 spiro atoms. The molecule has 2 aromatic heterocycles. The normalized spacial score (nSPS) is 19.5. The van der Waals surface area contributed by atoms with Crippen molar-refractivity contribution in [2.24, 2.45) is 0 Å². The lowest BCUT2D eigenvalue weighted by molar-refractivity contribution is 0.0615. The molecule has 0 saturated heterocycles. The van der Waals surface area contributed by atoms with Crippen LogP contribution in [0.25, 0.3) is 21.5 Å². The van der Waals surface area contributed by atoms with E-state index >= 15 is 0 Å². The van der Waals surface area contributed by atoms with Gasteiger partial charge in [-0.05, 0) is 127 Å². The number of hydrogen-bond acceptors (Lipinski definition) is 6. The number of benzene rings is 3. The van der Waals surface area contributed by atoms with Gasteiger partial charge in [-0.2, -0.15) is 0 Å².